The summed E-state index contributed by atoms with van der Waals surface area (Å²) in [6.45, 7) is 2.28. The van der Waals surface area contributed by atoms with Crippen LogP contribution in [0.15, 0.2) is 78.9 Å². The lowest BCUT2D eigenvalue weighted by Crippen LogP contribution is -2.15. The van der Waals surface area contributed by atoms with Gasteiger partial charge in [-0.2, -0.15) is 0 Å². The third-order valence-electron chi connectivity index (χ3n) is 4.86. The van der Waals surface area contributed by atoms with E-state index in [9.17, 15) is 4.79 Å². The Labute approximate surface area is 175 Å². The van der Waals surface area contributed by atoms with Crippen LogP contribution in [0.4, 0.5) is 11.4 Å². The molecular weight excluding hydrogens is 374 g/mol. The molecule has 0 fully saturated rings. The van der Waals surface area contributed by atoms with Gasteiger partial charge in [-0.25, -0.2) is 0 Å². The first-order valence-electron chi connectivity index (χ1n) is 9.80. The molecule has 4 aromatic rings. The average Bonchev–Trinajstić information content (AvgIpc) is 2.78. The van der Waals surface area contributed by atoms with Crippen molar-refractivity contribution in [3.63, 3.8) is 0 Å². The normalized spacial score (nSPS) is 10.6. The number of amides is 1. The van der Waals surface area contributed by atoms with E-state index in [1.165, 1.54) is 0 Å². The highest BCUT2D eigenvalue weighted by Crippen LogP contribution is 2.26. The first-order chi connectivity index (χ1) is 14.6. The van der Waals surface area contributed by atoms with E-state index >= 15 is 0 Å². The van der Waals surface area contributed by atoms with Gasteiger partial charge in [0.05, 0.1) is 5.52 Å². The lowest BCUT2D eigenvalue weighted by molar-refractivity contribution is 0.102. The van der Waals surface area contributed by atoms with Crippen molar-refractivity contribution in [1.29, 1.82) is 0 Å². The molecule has 1 aromatic heterocycles. The highest BCUT2D eigenvalue weighted by atomic mass is 16.5. The van der Waals surface area contributed by atoms with Crippen molar-refractivity contribution < 1.29 is 9.53 Å². The number of carbonyl (C=O) groups is 1. The van der Waals surface area contributed by atoms with Gasteiger partial charge in [0, 0.05) is 40.6 Å². The van der Waals surface area contributed by atoms with Gasteiger partial charge in [-0.3, -0.25) is 9.78 Å². The maximum Gasteiger partial charge on any atom is 0.256 e. The van der Waals surface area contributed by atoms with Gasteiger partial charge in [0.25, 0.3) is 5.91 Å². The Hall–Kier alpha value is -3.86. The molecule has 0 saturated heterocycles. The van der Waals surface area contributed by atoms with Crippen LogP contribution in [0.5, 0.6) is 5.75 Å². The average molecular weight is 397 g/mol. The standard InChI is InChI=1S/C25H23N3O2/c1-17-14-24(26-2)22-15-19(12-13-23(22)27-17)28-25(29)21-11-7-6-8-18(21)16-30-20-9-4-3-5-10-20/h3-15H,16H2,1-2H3,(H,26,27)(H,28,29). The van der Waals surface area contributed by atoms with Crippen molar-refractivity contribution in [3.8, 4) is 5.75 Å². The van der Waals surface area contributed by atoms with Crippen LogP contribution in [0.25, 0.3) is 10.9 Å². The van der Waals surface area contributed by atoms with Gasteiger partial charge in [0.15, 0.2) is 0 Å². The first kappa shape index (κ1) is 19.5. The molecule has 150 valence electrons. The van der Waals surface area contributed by atoms with Crippen molar-refractivity contribution in [2.24, 2.45) is 0 Å². The van der Waals surface area contributed by atoms with Gasteiger partial charge in [-0.1, -0.05) is 36.4 Å². The SMILES string of the molecule is CNc1cc(C)nc2ccc(NC(=O)c3ccccc3COc3ccccc3)cc12. The van der Waals surface area contributed by atoms with Crippen molar-refractivity contribution in [1.82, 2.24) is 4.98 Å². The summed E-state index contributed by atoms with van der Waals surface area (Å²) in [5.74, 6) is 0.595. The zero-order valence-corrected chi connectivity index (χ0v) is 17.0. The molecule has 2 N–H and O–H groups in total. The van der Waals surface area contributed by atoms with Gasteiger partial charge >= 0.3 is 0 Å². The number of carbonyl (C=O) groups excluding carboxylic acids is 1. The molecule has 0 aliphatic heterocycles. The van der Waals surface area contributed by atoms with Gasteiger partial charge in [-0.05, 0) is 49.4 Å². The number of rotatable bonds is 6. The number of nitrogens with zero attached hydrogens (tertiary/aromatic N) is 1. The summed E-state index contributed by atoms with van der Waals surface area (Å²) in [5.41, 5.74) is 4.93. The molecule has 0 aliphatic rings. The van der Waals surface area contributed by atoms with Crippen molar-refractivity contribution in [2.75, 3.05) is 17.7 Å². The molecule has 30 heavy (non-hydrogen) atoms. The van der Waals surface area contributed by atoms with Crippen molar-refractivity contribution in [3.05, 3.63) is 95.7 Å². The number of ether oxygens (including phenoxy) is 1. The molecule has 0 saturated carbocycles. The van der Waals surface area contributed by atoms with Gasteiger partial charge in [0.1, 0.15) is 12.4 Å². The Morgan fingerprint density at radius 3 is 2.53 bits per heavy atom. The minimum absolute atomic E-state index is 0.173. The van der Waals surface area contributed by atoms with Crippen LogP contribution < -0.4 is 15.4 Å². The molecule has 0 radical (unpaired) electrons. The van der Waals surface area contributed by atoms with Crippen LogP contribution in [0.3, 0.4) is 0 Å². The molecule has 1 heterocycles. The van der Waals surface area contributed by atoms with Gasteiger partial charge in [0.2, 0.25) is 0 Å². The molecule has 5 heteroatoms. The fourth-order valence-electron chi connectivity index (χ4n) is 3.39. The number of hydrogen-bond acceptors (Lipinski definition) is 4. The van der Waals surface area contributed by atoms with E-state index in [4.69, 9.17) is 4.74 Å². The second kappa shape index (κ2) is 8.66. The lowest BCUT2D eigenvalue weighted by atomic mass is 10.1. The van der Waals surface area contributed by atoms with Gasteiger partial charge in [-0.15, -0.1) is 0 Å². The van der Waals surface area contributed by atoms with Gasteiger partial charge < -0.3 is 15.4 Å². The van der Waals surface area contributed by atoms with E-state index in [-0.39, 0.29) is 5.91 Å². The number of aryl methyl sites for hydroxylation is 1. The third-order valence-corrected chi connectivity index (χ3v) is 4.86. The van der Waals surface area contributed by atoms with E-state index in [0.717, 1.165) is 33.6 Å². The molecular formula is C25H23N3O2. The lowest BCUT2D eigenvalue weighted by Gasteiger charge is -2.13. The summed E-state index contributed by atoms with van der Waals surface area (Å²) in [5, 5.41) is 7.16. The van der Waals surface area contributed by atoms with Crippen LogP contribution >= 0.6 is 0 Å². The third kappa shape index (κ3) is 4.25. The number of hydrogen-bond donors (Lipinski definition) is 2. The molecule has 4 rings (SSSR count). The smallest absolute Gasteiger partial charge is 0.256 e. The monoisotopic (exact) mass is 397 g/mol. The Balaban J connectivity index is 1.56. The molecule has 0 spiro atoms. The predicted octanol–water partition coefficient (Wildman–Crippen LogP) is 5.42. The highest BCUT2D eigenvalue weighted by Gasteiger charge is 2.13. The molecule has 0 unspecified atom stereocenters. The molecule has 0 aliphatic carbocycles. The number of pyridine rings is 1. The summed E-state index contributed by atoms with van der Waals surface area (Å²) < 4.78 is 5.84. The highest BCUT2D eigenvalue weighted by molar-refractivity contribution is 6.06. The zero-order valence-electron chi connectivity index (χ0n) is 17.0. The number of anilines is 2. The predicted molar refractivity (Wildman–Crippen MR) is 121 cm³/mol. The number of aromatic nitrogens is 1. The second-order valence-corrected chi connectivity index (χ2v) is 7.01. The Kier molecular flexibility index (Phi) is 5.61. The fraction of sp³-hybridized carbons (Fsp3) is 0.120. The quantitative estimate of drug-likeness (QED) is 0.456. The maximum atomic E-state index is 13.0. The number of nitrogens with one attached hydrogen (secondary N) is 2. The van der Waals surface area contributed by atoms with Crippen LogP contribution in [0.1, 0.15) is 21.6 Å². The summed E-state index contributed by atoms with van der Waals surface area (Å²) in [6.07, 6.45) is 0. The molecule has 0 atom stereocenters. The van der Waals surface area contributed by atoms with Crippen LogP contribution in [-0.2, 0) is 6.61 Å². The number of para-hydroxylation sites is 1. The van der Waals surface area contributed by atoms with E-state index in [2.05, 4.69) is 15.6 Å². The summed E-state index contributed by atoms with van der Waals surface area (Å²) >= 11 is 0. The molecule has 0 bridgehead atoms. The topological polar surface area (TPSA) is 63.2 Å². The number of benzene rings is 3. The second-order valence-electron chi connectivity index (χ2n) is 7.01. The van der Waals surface area contributed by atoms with Crippen LogP contribution in [-0.4, -0.2) is 17.9 Å². The molecule has 5 nitrogen and oxygen atoms in total. The zero-order chi connectivity index (χ0) is 20.9. The van der Waals surface area contributed by atoms with E-state index in [1.54, 1.807) is 0 Å². The van der Waals surface area contributed by atoms with Crippen molar-refractivity contribution >= 4 is 28.2 Å². The van der Waals surface area contributed by atoms with E-state index in [0.29, 0.717) is 17.9 Å². The maximum absolute atomic E-state index is 13.0. The summed E-state index contributed by atoms with van der Waals surface area (Å²) in [7, 11) is 1.88. The Morgan fingerprint density at radius 2 is 1.73 bits per heavy atom. The summed E-state index contributed by atoms with van der Waals surface area (Å²) in [6, 6.07) is 24.8. The largest absolute Gasteiger partial charge is 0.489 e. The van der Waals surface area contributed by atoms with Crippen LogP contribution in [0, 0.1) is 6.92 Å². The molecule has 3 aromatic carbocycles. The number of fused-ring (bicyclic) bond motifs is 1. The fourth-order valence-corrected chi connectivity index (χ4v) is 3.39. The summed E-state index contributed by atoms with van der Waals surface area (Å²) in [4.78, 5) is 17.6. The molecule has 1 amide bonds. The Bertz CT molecular complexity index is 1190. The van der Waals surface area contributed by atoms with E-state index in [1.807, 2.05) is 92.8 Å². The Morgan fingerprint density at radius 1 is 0.967 bits per heavy atom. The minimum atomic E-state index is -0.173. The van der Waals surface area contributed by atoms with Crippen LogP contribution in [0.2, 0.25) is 0 Å². The van der Waals surface area contributed by atoms with Crippen molar-refractivity contribution in [2.45, 2.75) is 13.5 Å². The van der Waals surface area contributed by atoms with E-state index < -0.39 is 0 Å². The minimum Gasteiger partial charge on any atom is -0.489 e. The first-order valence-corrected chi connectivity index (χ1v) is 9.80.